The van der Waals surface area contributed by atoms with Crippen molar-refractivity contribution in [1.82, 2.24) is 0 Å². The van der Waals surface area contributed by atoms with Crippen LogP contribution in [0.4, 0.5) is 34.5 Å². The van der Waals surface area contributed by atoms with E-state index in [9.17, 15) is 34.5 Å². The Morgan fingerprint density at radius 3 is 0.455 bits per heavy atom. The van der Waals surface area contributed by atoms with E-state index in [1.807, 2.05) is 0 Å². The molecule has 0 fully saturated rings. The first-order chi connectivity index (χ1) is 4.00. The molecule has 0 radical (unpaired) electrons. The monoisotopic (exact) mass is 183 g/mol. The van der Waals surface area contributed by atoms with Gasteiger partial charge in [0.2, 0.25) is 0 Å². The second-order valence-corrected chi connectivity index (χ2v) is 0.990. The van der Waals surface area contributed by atoms with Crippen molar-refractivity contribution in [1.29, 1.82) is 0 Å². The molecule has 0 aliphatic heterocycles. The Kier molecular flexibility index (Phi) is 8.34. The van der Waals surface area contributed by atoms with Crippen LogP contribution >= 0.6 is 0 Å². The Morgan fingerprint density at radius 2 is 0.455 bits per heavy atom. The molecule has 0 bridgehead atoms. The van der Waals surface area contributed by atoms with Crippen LogP contribution in [-0.2, 0) is 0 Å². The molecule has 0 nitrogen and oxygen atoms in total. The van der Waals surface area contributed by atoms with Crippen LogP contribution in [0, 0.1) is 0 Å². The van der Waals surface area contributed by atoms with E-state index in [0.29, 0.717) is 0 Å². The summed E-state index contributed by atoms with van der Waals surface area (Å²) in [5, 5.41) is 0. The maximum atomic E-state index is 9.75. The van der Waals surface area contributed by atoms with Gasteiger partial charge in [-0.25, -0.2) is 0 Å². The summed E-state index contributed by atoms with van der Waals surface area (Å²) in [6.07, 6.45) is 0. The van der Waals surface area contributed by atoms with Crippen molar-refractivity contribution in [2.75, 3.05) is 0 Å². The van der Waals surface area contributed by atoms with Gasteiger partial charge in [0.25, 0.3) is 0 Å². The quantitative estimate of drug-likeness (QED) is 0.398. The first-order valence-corrected chi connectivity index (χ1v) is 1.75. The maximum absolute atomic E-state index is 9.75. The smallest absolute Gasteiger partial charge is 0.418 e. The first-order valence-electron chi connectivity index (χ1n) is 1.75. The normalized spacial score (nSPS) is 10.9. The second-order valence-electron chi connectivity index (χ2n) is 0.990. The minimum atomic E-state index is -6.00. The number of rotatable bonds is 0. The molecule has 0 aromatic rings. The molecule has 0 N–H and O–H groups in total. The molecule has 0 aliphatic rings. The van der Waals surface area contributed by atoms with Gasteiger partial charge in [-0.3, -0.25) is 0 Å². The van der Waals surface area contributed by atoms with E-state index < -0.39 is 14.5 Å². The summed E-state index contributed by atoms with van der Waals surface area (Å²) in [6, 6.07) is 0. The fraction of sp³-hybridized carbons (Fsp3) is 0. The largest absolute Gasteiger partial charge is 2.00 e. The van der Waals surface area contributed by atoms with E-state index in [4.69, 9.17) is 0 Å². The van der Waals surface area contributed by atoms with E-state index in [-0.39, 0.29) is 10.1 Å². The summed E-state index contributed by atoms with van der Waals surface area (Å²) in [5.41, 5.74) is 0. The van der Waals surface area contributed by atoms with Crippen LogP contribution in [0.5, 0.6) is 0 Å². The number of hydrogen-bond acceptors (Lipinski definition) is 0. The number of hydrogen-bond donors (Lipinski definition) is 0. The minimum absolute atomic E-state index is 0. The molecule has 0 saturated heterocycles. The molecule has 64 valence electrons. The van der Waals surface area contributed by atoms with Gasteiger partial charge >= 0.3 is 24.6 Å². The van der Waals surface area contributed by atoms with Crippen molar-refractivity contribution in [2.45, 2.75) is 0 Å². The minimum Gasteiger partial charge on any atom is -0.418 e. The molecular weight excluding hydrogens is 183 g/mol. The van der Waals surface area contributed by atoms with Crippen molar-refractivity contribution in [3.63, 3.8) is 0 Å². The Balaban J connectivity index is -0.000000107. The van der Waals surface area contributed by atoms with Crippen LogP contribution in [0.1, 0.15) is 0 Å². The average Bonchev–Trinajstić information content (AvgIpc) is 1.12. The van der Waals surface area contributed by atoms with Gasteiger partial charge in [-0.2, -0.15) is 0 Å². The van der Waals surface area contributed by atoms with Crippen molar-refractivity contribution in [3.05, 3.63) is 0 Å². The van der Waals surface area contributed by atoms with Gasteiger partial charge in [0.15, 0.2) is 0 Å². The first kappa shape index (κ1) is 17.0. The van der Waals surface area contributed by atoms with Crippen LogP contribution in [-0.4, -0.2) is 24.6 Å². The van der Waals surface area contributed by atoms with Crippen LogP contribution in [0.2, 0.25) is 0 Å². The fourth-order valence-corrected chi connectivity index (χ4v) is 0. The zero-order valence-corrected chi connectivity index (χ0v) is 4.89. The van der Waals surface area contributed by atoms with Gasteiger partial charge in [0.05, 0.1) is 0 Å². The van der Waals surface area contributed by atoms with Gasteiger partial charge in [-0.15, -0.1) is 0 Å². The third-order valence-corrected chi connectivity index (χ3v) is 0. The third kappa shape index (κ3) is 8540. The molecule has 0 unspecified atom stereocenters. The summed E-state index contributed by atoms with van der Waals surface area (Å²) in [6.45, 7) is 0. The van der Waals surface area contributed by atoms with Gasteiger partial charge in [-0.1, -0.05) is 0 Å². The summed E-state index contributed by atoms with van der Waals surface area (Å²) in [7, 11) is -12.0. The van der Waals surface area contributed by atoms with E-state index in [1.54, 1.807) is 0 Å². The molecule has 0 aromatic carbocycles. The predicted octanol–water partition coefficient (Wildman–Crippen LogP) is 2.22. The Labute approximate surface area is 60.4 Å². The molecule has 11 heavy (non-hydrogen) atoms. The summed E-state index contributed by atoms with van der Waals surface area (Å²) in [4.78, 5) is 0. The van der Waals surface area contributed by atoms with E-state index in [0.717, 1.165) is 0 Å². The van der Waals surface area contributed by atoms with Crippen LogP contribution in [0.15, 0.2) is 0 Å². The molecule has 0 atom stereocenters. The molecule has 0 rings (SSSR count). The molecule has 0 saturated carbocycles. The topological polar surface area (TPSA) is 0 Å². The van der Waals surface area contributed by atoms with Crippen LogP contribution in [0.3, 0.4) is 0 Å². The molecule has 11 heteroatoms. The van der Waals surface area contributed by atoms with Crippen molar-refractivity contribution < 1.29 is 34.5 Å². The van der Waals surface area contributed by atoms with Crippen molar-refractivity contribution >= 4 is 24.6 Å². The molecule has 0 amide bonds. The van der Waals surface area contributed by atoms with Gasteiger partial charge < -0.3 is 34.5 Å². The summed E-state index contributed by atoms with van der Waals surface area (Å²) in [5.74, 6) is 0. The van der Waals surface area contributed by atoms with Gasteiger partial charge in [0, 0.05) is 0 Å². The molecule has 0 heterocycles. The maximum Gasteiger partial charge on any atom is 2.00 e. The molecular formula is B2BeF8. The fourth-order valence-electron chi connectivity index (χ4n) is 0. The zero-order chi connectivity index (χ0) is 9.00. The summed E-state index contributed by atoms with van der Waals surface area (Å²) < 4.78 is 78.0. The zero-order valence-electron chi connectivity index (χ0n) is 4.89. The SMILES string of the molecule is F[B-](F)(F)F.F[B-](F)(F)F.[Be+2]. The number of halogens is 8. The average molecular weight is 183 g/mol. The third-order valence-electron chi connectivity index (χ3n) is 0. The summed E-state index contributed by atoms with van der Waals surface area (Å²) >= 11 is 0. The van der Waals surface area contributed by atoms with E-state index in [1.165, 1.54) is 0 Å². The Bertz CT molecular complexity index is 55.1. The van der Waals surface area contributed by atoms with E-state index in [2.05, 4.69) is 0 Å². The molecule has 0 aromatic heterocycles. The van der Waals surface area contributed by atoms with Gasteiger partial charge in [-0.05, 0) is 0 Å². The van der Waals surface area contributed by atoms with Crippen molar-refractivity contribution in [2.24, 2.45) is 0 Å². The Hall–Kier alpha value is -0.261. The Morgan fingerprint density at radius 1 is 0.455 bits per heavy atom. The van der Waals surface area contributed by atoms with Gasteiger partial charge in [0.1, 0.15) is 0 Å². The van der Waals surface area contributed by atoms with Crippen LogP contribution in [0.25, 0.3) is 0 Å². The van der Waals surface area contributed by atoms with E-state index >= 15 is 0 Å². The molecule has 0 aliphatic carbocycles. The van der Waals surface area contributed by atoms with Crippen molar-refractivity contribution in [3.8, 4) is 0 Å². The standard InChI is InChI=1S/2BF4.Be/c2*2-1(3,4)5;/q2*-1;+2. The van der Waals surface area contributed by atoms with Crippen LogP contribution < -0.4 is 0 Å². The molecule has 0 spiro atoms. The predicted molar refractivity (Wildman–Crippen MR) is 26.1 cm³/mol. The second kappa shape index (κ2) is 5.40.